The summed E-state index contributed by atoms with van der Waals surface area (Å²) in [6.07, 6.45) is 0.216. The Bertz CT molecular complexity index is 864. The second-order valence-corrected chi connectivity index (χ2v) is 7.15. The van der Waals surface area contributed by atoms with E-state index in [0.717, 1.165) is 12.1 Å². The standard InChI is InChI=1S/C20H22F3NO5/c1-9-16(8-27-11(3)25)29-20(26-4)10(2)17(9)19-24-15(7-28-19)12-5-13(21)18(23)14(22)6-12/h5-7,9-10,16-17,20H,8H2,1-4H3/t9-,10?,16?,17-,20-/m0/s1. The van der Waals surface area contributed by atoms with Crippen LogP contribution in [0.5, 0.6) is 0 Å². The molecule has 1 fully saturated rings. The number of hydrogen-bond acceptors (Lipinski definition) is 6. The number of rotatable bonds is 5. The lowest BCUT2D eigenvalue weighted by atomic mass is 9.77. The van der Waals surface area contributed by atoms with Gasteiger partial charge in [0.2, 0.25) is 0 Å². The minimum absolute atomic E-state index is 0.0432. The van der Waals surface area contributed by atoms with Crippen LogP contribution in [-0.2, 0) is 19.0 Å². The third-order valence-electron chi connectivity index (χ3n) is 5.23. The Morgan fingerprint density at radius 2 is 1.83 bits per heavy atom. The largest absolute Gasteiger partial charge is 0.463 e. The Hall–Kier alpha value is -2.39. The van der Waals surface area contributed by atoms with Gasteiger partial charge in [-0.1, -0.05) is 13.8 Å². The molecule has 2 aromatic rings. The van der Waals surface area contributed by atoms with Crippen LogP contribution in [0.2, 0.25) is 0 Å². The van der Waals surface area contributed by atoms with Crippen LogP contribution in [0, 0.1) is 29.3 Å². The summed E-state index contributed by atoms with van der Waals surface area (Å²) < 4.78 is 62.3. The zero-order valence-electron chi connectivity index (χ0n) is 16.4. The smallest absolute Gasteiger partial charge is 0.302 e. The van der Waals surface area contributed by atoms with Gasteiger partial charge in [0.05, 0.1) is 6.10 Å². The van der Waals surface area contributed by atoms with E-state index >= 15 is 0 Å². The Morgan fingerprint density at radius 3 is 2.41 bits per heavy atom. The van der Waals surface area contributed by atoms with Gasteiger partial charge in [-0.3, -0.25) is 4.79 Å². The normalized spacial score (nSPS) is 27.1. The van der Waals surface area contributed by atoms with Gasteiger partial charge in [-0.2, -0.15) is 0 Å². The first-order chi connectivity index (χ1) is 13.7. The van der Waals surface area contributed by atoms with Crippen molar-refractivity contribution < 1.29 is 36.6 Å². The monoisotopic (exact) mass is 413 g/mol. The number of carbonyl (C=O) groups is 1. The van der Waals surface area contributed by atoms with E-state index in [2.05, 4.69) is 4.98 Å². The lowest BCUT2D eigenvalue weighted by Crippen LogP contribution is -2.47. The quantitative estimate of drug-likeness (QED) is 0.544. The lowest BCUT2D eigenvalue weighted by molar-refractivity contribution is -0.239. The molecular formula is C20H22F3NO5. The van der Waals surface area contributed by atoms with E-state index in [1.54, 1.807) is 0 Å². The average Bonchev–Trinajstić information content (AvgIpc) is 3.15. The van der Waals surface area contributed by atoms with Crippen LogP contribution in [0.4, 0.5) is 13.2 Å². The molecule has 2 heterocycles. The molecule has 0 spiro atoms. The molecule has 0 bridgehead atoms. The van der Waals surface area contributed by atoms with Gasteiger partial charge in [-0.25, -0.2) is 18.2 Å². The molecule has 29 heavy (non-hydrogen) atoms. The fraction of sp³-hybridized carbons (Fsp3) is 0.500. The van der Waals surface area contributed by atoms with E-state index in [9.17, 15) is 18.0 Å². The number of hydrogen-bond donors (Lipinski definition) is 0. The number of halogens is 3. The number of ether oxygens (including phenoxy) is 3. The number of carbonyl (C=O) groups excluding carboxylic acids is 1. The van der Waals surface area contributed by atoms with Crippen molar-refractivity contribution >= 4 is 5.97 Å². The first kappa shape index (κ1) is 21.3. The summed E-state index contributed by atoms with van der Waals surface area (Å²) in [5.74, 6) is -4.87. The highest BCUT2D eigenvalue weighted by molar-refractivity contribution is 5.65. The first-order valence-electron chi connectivity index (χ1n) is 9.14. The molecular weight excluding hydrogens is 391 g/mol. The first-order valence-corrected chi connectivity index (χ1v) is 9.14. The molecule has 1 aromatic heterocycles. The van der Waals surface area contributed by atoms with Crippen molar-refractivity contribution in [1.29, 1.82) is 0 Å². The van der Waals surface area contributed by atoms with Crippen molar-refractivity contribution in [2.45, 2.75) is 39.1 Å². The van der Waals surface area contributed by atoms with E-state index in [-0.39, 0.29) is 35.6 Å². The highest BCUT2D eigenvalue weighted by Crippen LogP contribution is 2.42. The van der Waals surface area contributed by atoms with Gasteiger partial charge in [0.1, 0.15) is 18.6 Å². The zero-order valence-corrected chi connectivity index (χ0v) is 16.4. The molecule has 158 valence electrons. The number of aromatic nitrogens is 1. The zero-order chi connectivity index (χ0) is 21.3. The fourth-order valence-corrected chi connectivity index (χ4v) is 3.69. The maximum absolute atomic E-state index is 13.6. The number of methoxy groups -OCH3 is 1. The number of benzene rings is 1. The molecule has 5 atom stereocenters. The van der Waals surface area contributed by atoms with Crippen molar-refractivity contribution in [3.8, 4) is 11.3 Å². The Labute approximate surface area is 166 Å². The summed E-state index contributed by atoms with van der Waals surface area (Å²) in [6.45, 7) is 5.16. The SMILES string of the molecule is CO[C@H]1OC(COC(C)=O)[C@H](C)[C@H](c2nc(-c3cc(F)c(F)c(F)c3)co2)C1C. The molecule has 1 aliphatic rings. The third-order valence-corrected chi connectivity index (χ3v) is 5.23. The summed E-state index contributed by atoms with van der Waals surface area (Å²) in [5.41, 5.74) is 0.234. The molecule has 0 N–H and O–H groups in total. The van der Waals surface area contributed by atoms with Crippen LogP contribution in [0.25, 0.3) is 11.3 Å². The van der Waals surface area contributed by atoms with Gasteiger partial charge in [0.15, 0.2) is 29.6 Å². The molecule has 2 unspecified atom stereocenters. The van der Waals surface area contributed by atoms with Crippen molar-refractivity contribution in [3.05, 3.63) is 41.7 Å². The molecule has 0 aliphatic carbocycles. The second kappa shape index (κ2) is 8.54. The van der Waals surface area contributed by atoms with Gasteiger partial charge in [-0.15, -0.1) is 0 Å². The van der Waals surface area contributed by atoms with Crippen LogP contribution in [0.3, 0.4) is 0 Å². The van der Waals surface area contributed by atoms with Gasteiger partial charge in [0.25, 0.3) is 0 Å². The summed E-state index contributed by atoms with van der Waals surface area (Å²) in [6, 6.07) is 1.72. The third kappa shape index (κ3) is 4.30. The molecule has 3 rings (SSSR count). The summed E-state index contributed by atoms with van der Waals surface area (Å²) in [7, 11) is 1.50. The van der Waals surface area contributed by atoms with Crippen LogP contribution < -0.4 is 0 Å². The van der Waals surface area contributed by atoms with Gasteiger partial charge in [-0.05, 0) is 18.1 Å². The van der Waals surface area contributed by atoms with E-state index in [1.807, 2.05) is 13.8 Å². The van der Waals surface area contributed by atoms with Crippen LogP contribution in [-0.4, -0.2) is 37.1 Å². The minimum atomic E-state index is -1.54. The fourth-order valence-electron chi connectivity index (χ4n) is 3.69. The lowest BCUT2D eigenvalue weighted by Gasteiger charge is -2.42. The molecule has 0 radical (unpaired) electrons. The van der Waals surface area contributed by atoms with Crippen LogP contribution in [0.15, 0.2) is 22.8 Å². The van der Waals surface area contributed by atoms with Crippen molar-refractivity contribution in [1.82, 2.24) is 4.98 Å². The second-order valence-electron chi connectivity index (χ2n) is 7.15. The van der Waals surface area contributed by atoms with Gasteiger partial charge >= 0.3 is 5.97 Å². The predicted molar refractivity (Wildman–Crippen MR) is 95.2 cm³/mol. The van der Waals surface area contributed by atoms with Crippen LogP contribution >= 0.6 is 0 Å². The maximum Gasteiger partial charge on any atom is 0.302 e. The molecule has 1 saturated heterocycles. The van der Waals surface area contributed by atoms with Crippen molar-refractivity contribution in [2.24, 2.45) is 11.8 Å². The van der Waals surface area contributed by atoms with Crippen molar-refractivity contribution in [2.75, 3.05) is 13.7 Å². The Balaban J connectivity index is 1.90. The molecule has 0 amide bonds. The summed E-state index contributed by atoms with van der Waals surface area (Å²) in [5, 5.41) is 0. The maximum atomic E-state index is 13.6. The molecule has 1 aliphatic heterocycles. The van der Waals surface area contributed by atoms with E-state index in [0.29, 0.717) is 5.89 Å². The van der Waals surface area contributed by atoms with Gasteiger partial charge < -0.3 is 18.6 Å². The van der Waals surface area contributed by atoms with E-state index in [4.69, 9.17) is 18.6 Å². The van der Waals surface area contributed by atoms with E-state index in [1.165, 1.54) is 20.3 Å². The topological polar surface area (TPSA) is 70.8 Å². The minimum Gasteiger partial charge on any atom is -0.463 e. The highest BCUT2D eigenvalue weighted by Gasteiger charge is 2.45. The average molecular weight is 413 g/mol. The van der Waals surface area contributed by atoms with Crippen molar-refractivity contribution in [3.63, 3.8) is 0 Å². The summed E-state index contributed by atoms with van der Waals surface area (Å²) in [4.78, 5) is 15.5. The molecule has 1 aromatic carbocycles. The number of nitrogens with zero attached hydrogens (tertiary/aromatic N) is 1. The molecule has 6 nitrogen and oxygen atoms in total. The Morgan fingerprint density at radius 1 is 1.17 bits per heavy atom. The number of esters is 1. The van der Waals surface area contributed by atoms with Gasteiger partial charge in [0, 0.05) is 31.4 Å². The summed E-state index contributed by atoms with van der Waals surface area (Å²) >= 11 is 0. The Kier molecular flexibility index (Phi) is 6.28. The molecule has 0 saturated carbocycles. The number of oxazole rings is 1. The van der Waals surface area contributed by atoms with Crippen LogP contribution in [0.1, 0.15) is 32.6 Å². The predicted octanol–water partition coefficient (Wildman–Crippen LogP) is 4.05. The molecule has 9 heteroatoms. The van der Waals surface area contributed by atoms with E-state index < -0.39 is 35.8 Å². The highest BCUT2D eigenvalue weighted by atomic mass is 19.2.